The number of amides is 1. The summed E-state index contributed by atoms with van der Waals surface area (Å²) in [6, 6.07) is -0.201. The third-order valence-corrected chi connectivity index (χ3v) is 1.16. The number of ether oxygens (including phenoxy) is 1. The van der Waals surface area contributed by atoms with Crippen LogP contribution in [0.5, 0.6) is 0 Å². The van der Waals surface area contributed by atoms with E-state index in [4.69, 9.17) is 11.3 Å². The highest BCUT2D eigenvalue weighted by molar-refractivity contribution is 5.67. The van der Waals surface area contributed by atoms with Gasteiger partial charge in [0.2, 0.25) is 6.04 Å². The van der Waals surface area contributed by atoms with E-state index in [2.05, 4.69) is 10.2 Å². The van der Waals surface area contributed by atoms with Gasteiger partial charge in [-0.25, -0.2) is 11.4 Å². The molecule has 0 spiro atoms. The molecule has 1 unspecified atom stereocenters. The molecule has 0 aromatic carbocycles. The summed E-state index contributed by atoms with van der Waals surface area (Å²) < 4.78 is 4.98. The molecule has 13 heavy (non-hydrogen) atoms. The van der Waals surface area contributed by atoms with E-state index < -0.39 is 11.7 Å². The molecule has 0 aromatic heterocycles. The average molecular weight is 184 g/mol. The fraction of sp³-hybridized carbons (Fsp3) is 0.778. The molecule has 1 amide bonds. The van der Waals surface area contributed by atoms with Gasteiger partial charge in [0.05, 0.1) is 6.54 Å². The van der Waals surface area contributed by atoms with Crippen molar-refractivity contribution in [3.8, 4) is 0 Å². The lowest BCUT2D eigenvalue weighted by molar-refractivity contribution is 0.0527. The largest absolute Gasteiger partial charge is 0.444 e. The summed E-state index contributed by atoms with van der Waals surface area (Å²) in [4.78, 5) is 14.3. The number of hydrogen-bond acceptors (Lipinski definition) is 2. The minimum absolute atomic E-state index is 0.201. The molecule has 0 radical (unpaired) electrons. The normalized spacial score (nSPS) is 12.8. The van der Waals surface area contributed by atoms with E-state index in [1.807, 2.05) is 0 Å². The quantitative estimate of drug-likeness (QED) is 0.665. The van der Waals surface area contributed by atoms with Gasteiger partial charge in [0.25, 0.3) is 0 Å². The predicted molar refractivity (Wildman–Crippen MR) is 50.3 cm³/mol. The zero-order valence-electron chi connectivity index (χ0n) is 8.55. The van der Waals surface area contributed by atoms with Crippen LogP contribution >= 0.6 is 0 Å². The summed E-state index contributed by atoms with van der Waals surface area (Å²) in [7, 11) is 0. The minimum Gasteiger partial charge on any atom is -0.444 e. The summed E-state index contributed by atoms with van der Waals surface area (Å²) in [5.41, 5.74) is -0.481. The van der Waals surface area contributed by atoms with Crippen molar-refractivity contribution in [2.75, 3.05) is 6.54 Å². The van der Waals surface area contributed by atoms with Gasteiger partial charge in [0.15, 0.2) is 0 Å². The lowest BCUT2D eigenvalue weighted by atomic mass is 10.2. The molecule has 4 heteroatoms. The summed E-state index contributed by atoms with van der Waals surface area (Å²) in [6.07, 6.45) is -0.469. The Bertz CT molecular complexity index is 213. The number of nitrogens with zero attached hydrogens (tertiary/aromatic N) is 1. The van der Waals surface area contributed by atoms with Crippen molar-refractivity contribution >= 4 is 6.09 Å². The van der Waals surface area contributed by atoms with Crippen LogP contribution < -0.4 is 5.32 Å². The third-order valence-electron chi connectivity index (χ3n) is 1.16. The number of alkyl carbamates (subject to hydrolysis) is 1. The van der Waals surface area contributed by atoms with Crippen molar-refractivity contribution in [3.05, 3.63) is 11.4 Å². The van der Waals surface area contributed by atoms with Gasteiger partial charge in [-0.05, 0) is 20.8 Å². The van der Waals surface area contributed by atoms with Gasteiger partial charge in [-0.1, -0.05) is 0 Å². The van der Waals surface area contributed by atoms with Gasteiger partial charge < -0.3 is 14.9 Å². The SMILES string of the molecule is [C-]#[N+]C(C)CNC(=O)OC(C)(C)C. The molecular formula is C9H16N2O2. The predicted octanol–water partition coefficient (Wildman–Crippen LogP) is 1.82. The number of carbonyl (C=O) groups is 1. The van der Waals surface area contributed by atoms with Gasteiger partial charge >= 0.3 is 6.09 Å². The van der Waals surface area contributed by atoms with Crippen LogP contribution in [0.3, 0.4) is 0 Å². The maximum atomic E-state index is 11.0. The number of rotatable bonds is 2. The Morgan fingerprint density at radius 2 is 2.15 bits per heavy atom. The fourth-order valence-electron chi connectivity index (χ4n) is 0.591. The Hall–Kier alpha value is -1.24. The Balaban J connectivity index is 3.72. The number of nitrogens with one attached hydrogen (secondary N) is 1. The van der Waals surface area contributed by atoms with E-state index in [9.17, 15) is 4.79 Å². The second-order valence-electron chi connectivity index (χ2n) is 3.86. The molecule has 0 saturated carbocycles. The molecule has 0 saturated heterocycles. The highest BCUT2D eigenvalue weighted by Crippen LogP contribution is 2.06. The summed E-state index contributed by atoms with van der Waals surface area (Å²) >= 11 is 0. The molecule has 0 fully saturated rings. The van der Waals surface area contributed by atoms with Crippen LogP contribution in [-0.2, 0) is 4.74 Å². The molecule has 1 N–H and O–H groups in total. The van der Waals surface area contributed by atoms with E-state index >= 15 is 0 Å². The van der Waals surface area contributed by atoms with Crippen LogP contribution in [0.2, 0.25) is 0 Å². The lowest BCUT2D eigenvalue weighted by Crippen LogP contribution is -2.35. The third kappa shape index (κ3) is 7.13. The minimum atomic E-state index is -0.481. The van der Waals surface area contributed by atoms with Gasteiger partial charge in [0.1, 0.15) is 5.60 Å². The molecule has 0 rings (SSSR count). The first kappa shape index (κ1) is 11.8. The Morgan fingerprint density at radius 1 is 1.62 bits per heavy atom. The Labute approximate surface area is 79.1 Å². The van der Waals surface area contributed by atoms with Crippen molar-refractivity contribution in [3.63, 3.8) is 0 Å². The van der Waals surface area contributed by atoms with Crippen molar-refractivity contribution < 1.29 is 9.53 Å². The van der Waals surface area contributed by atoms with Crippen LogP contribution in [0.25, 0.3) is 4.85 Å². The number of carbonyl (C=O) groups excluding carboxylic acids is 1. The first-order chi connectivity index (χ1) is 5.85. The Morgan fingerprint density at radius 3 is 2.54 bits per heavy atom. The van der Waals surface area contributed by atoms with Crippen molar-refractivity contribution in [2.45, 2.75) is 39.3 Å². The van der Waals surface area contributed by atoms with Gasteiger partial charge in [-0.3, -0.25) is 0 Å². The molecular weight excluding hydrogens is 168 g/mol. The smallest absolute Gasteiger partial charge is 0.407 e. The standard InChI is InChI=1S/C9H16N2O2/c1-7(10-5)6-11-8(12)13-9(2,3)4/h7H,6H2,1-4H3,(H,11,12). The van der Waals surface area contributed by atoms with Crippen molar-refractivity contribution in [1.29, 1.82) is 0 Å². The molecule has 0 aliphatic heterocycles. The van der Waals surface area contributed by atoms with E-state index in [0.717, 1.165) is 0 Å². The van der Waals surface area contributed by atoms with Crippen molar-refractivity contribution in [2.24, 2.45) is 0 Å². The molecule has 0 aliphatic carbocycles. The highest BCUT2D eigenvalue weighted by Gasteiger charge is 2.16. The van der Waals surface area contributed by atoms with Crippen LogP contribution in [0.4, 0.5) is 4.79 Å². The van der Waals surface area contributed by atoms with Crippen LogP contribution in [0, 0.1) is 6.57 Å². The number of hydrogen-bond donors (Lipinski definition) is 1. The van der Waals surface area contributed by atoms with E-state index in [-0.39, 0.29) is 6.04 Å². The molecule has 1 atom stereocenters. The summed E-state index contributed by atoms with van der Waals surface area (Å²) in [6.45, 7) is 14.1. The van der Waals surface area contributed by atoms with Crippen molar-refractivity contribution in [1.82, 2.24) is 5.32 Å². The maximum absolute atomic E-state index is 11.0. The molecule has 0 aromatic rings. The first-order valence-electron chi connectivity index (χ1n) is 4.18. The van der Waals surface area contributed by atoms with Gasteiger partial charge in [-0.2, -0.15) is 0 Å². The fourth-order valence-corrected chi connectivity index (χ4v) is 0.591. The lowest BCUT2D eigenvalue weighted by Gasteiger charge is -2.19. The molecule has 0 bridgehead atoms. The molecule has 4 nitrogen and oxygen atoms in total. The molecule has 74 valence electrons. The second kappa shape index (κ2) is 4.70. The Kier molecular flexibility index (Phi) is 4.26. The van der Waals surface area contributed by atoms with Crippen LogP contribution in [0.15, 0.2) is 0 Å². The molecule has 0 aliphatic rings. The van der Waals surface area contributed by atoms with Crippen LogP contribution in [0.1, 0.15) is 27.7 Å². The van der Waals surface area contributed by atoms with Gasteiger partial charge in [-0.15, -0.1) is 0 Å². The summed E-state index contributed by atoms with van der Waals surface area (Å²) in [5, 5.41) is 2.51. The van der Waals surface area contributed by atoms with E-state index in [1.165, 1.54) is 0 Å². The maximum Gasteiger partial charge on any atom is 0.407 e. The van der Waals surface area contributed by atoms with Gasteiger partial charge in [0, 0.05) is 6.92 Å². The van der Waals surface area contributed by atoms with Crippen LogP contribution in [-0.4, -0.2) is 24.3 Å². The zero-order valence-corrected chi connectivity index (χ0v) is 8.55. The first-order valence-corrected chi connectivity index (χ1v) is 4.18. The second-order valence-corrected chi connectivity index (χ2v) is 3.86. The highest BCUT2D eigenvalue weighted by atomic mass is 16.6. The topological polar surface area (TPSA) is 42.7 Å². The van der Waals surface area contributed by atoms with E-state index in [0.29, 0.717) is 6.54 Å². The monoisotopic (exact) mass is 184 g/mol. The average Bonchev–Trinajstić information content (AvgIpc) is 1.97. The zero-order chi connectivity index (χ0) is 10.5. The summed E-state index contributed by atoms with van der Waals surface area (Å²) in [5.74, 6) is 0. The van der Waals surface area contributed by atoms with E-state index in [1.54, 1.807) is 27.7 Å². The molecule has 0 heterocycles.